The summed E-state index contributed by atoms with van der Waals surface area (Å²) in [7, 11) is 0. The van der Waals surface area contributed by atoms with Crippen molar-refractivity contribution in [1.82, 2.24) is 0 Å². The molecule has 1 aliphatic carbocycles. The number of benzene rings is 1. The Morgan fingerprint density at radius 3 is 2.79 bits per heavy atom. The summed E-state index contributed by atoms with van der Waals surface area (Å²) in [6, 6.07) is 6.66. The molecule has 1 aliphatic rings. The van der Waals surface area contributed by atoms with Crippen LogP contribution in [0.2, 0.25) is 5.02 Å². The van der Waals surface area contributed by atoms with Gasteiger partial charge in [0, 0.05) is 6.04 Å². The van der Waals surface area contributed by atoms with Crippen LogP contribution in [0.5, 0.6) is 0 Å². The van der Waals surface area contributed by atoms with E-state index < -0.39 is 0 Å². The van der Waals surface area contributed by atoms with Crippen LogP contribution in [-0.2, 0) is 0 Å². The summed E-state index contributed by atoms with van der Waals surface area (Å²) in [5.74, 6) is 0.853. The van der Waals surface area contributed by atoms with E-state index in [1.165, 1.54) is 18.4 Å². The molecule has 14 heavy (non-hydrogen) atoms. The van der Waals surface area contributed by atoms with Crippen molar-refractivity contribution in [2.24, 2.45) is 5.92 Å². The van der Waals surface area contributed by atoms with Gasteiger partial charge in [-0.3, -0.25) is 0 Å². The van der Waals surface area contributed by atoms with Gasteiger partial charge in [0.1, 0.15) is 0 Å². The zero-order valence-electron chi connectivity index (χ0n) is 8.68. The fourth-order valence-corrected chi connectivity index (χ4v) is 1.88. The molecule has 76 valence electrons. The molecule has 0 radical (unpaired) electrons. The van der Waals surface area contributed by atoms with Crippen molar-refractivity contribution in [2.45, 2.75) is 32.7 Å². The van der Waals surface area contributed by atoms with Crippen LogP contribution in [0, 0.1) is 12.8 Å². The molecule has 1 N–H and O–H groups in total. The minimum absolute atomic E-state index is 0.550. The van der Waals surface area contributed by atoms with Gasteiger partial charge in [-0.15, -0.1) is 0 Å². The van der Waals surface area contributed by atoms with Crippen LogP contribution in [0.3, 0.4) is 0 Å². The van der Waals surface area contributed by atoms with E-state index in [0.717, 1.165) is 16.6 Å². The molecule has 1 unspecified atom stereocenters. The maximum Gasteiger partial charge on any atom is 0.0637 e. The Morgan fingerprint density at radius 2 is 2.14 bits per heavy atom. The summed E-state index contributed by atoms with van der Waals surface area (Å²) in [6.07, 6.45) is 2.72. The number of hydrogen-bond acceptors (Lipinski definition) is 1. The number of anilines is 1. The molecule has 1 atom stereocenters. The summed E-state index contributed by atoms with van der Waals surface area (Å²) < 4.78 is 0. The van der Waals surface area contributed by atoms with Crippen LogP contribution in [-0.4, -0.2) is 6.04 Å². The predicted octanol–water partition coefficient (Wildman–Crippen LogP) is 3.86. The SMILES string of the molecule is Cc1ccc(Cl)c(NC(C)C2CC2)c1. The largest absolute Gasteiger partial charge is 0.381 e. The average Bonchev–Trinajstić information content (AvgIpc) is 2.94. The van der Waals surface area contributed by atoms with Gasteiger partial charge in [-0.05, 0) is 50.3 Å². The molecular formula is C12H16ClN. The number of rotatable bonds is 3. The van der Waals surface area contributed by atoms with Gasteiger partial charge in [0.05, 0.1) is 10.7 Å². The lowest BCUT2D eigenvalue weighted by Crippen LogP contribution is -2.17. The molecule has 1 nitrogen and oxygen atoms in total. The highest BCUT2D eigenvalue weighted by atomic mass is 35.5. The predicted molar refractivity (Wildman–Crippen MR) is 62.0 cm³/mol. The van der Waals surface area contributed by atoms with Crippen LogP contribution in [0.4, 0.5) is 5.69 Å². The molecule has 1 saturated carbocycles. The topological polar surface area (TPSA) is 12.0 Å². The maximum absolute atomic E-state index is 6.10. The Morgan fingerprint density at radius 1 is 1.43 bits per heavy atom. The highest BCUT2D eigenvalue weighted by Crippen LogP contribution is 2.35. The number of halogens is 1. The Hall–Kier alpha value is -0.690. The second-order valence-electron chi connectivity index (χ2n) is 4.25. The van der Waals surface area contributed by atoms with Gasteiger partial charge >= 0.3 is 0 Å². The molecule has 0 aliphatic heterocycles. The molecule has 0 aromatic heterocycles. The van der Waals surface area contributed by atoms with Gasteiger partial charge in [0.25, 0.3) is 0 Å². The monoisotopic (exact) mass is 209 g/mol. The molecule has 1 fully saturated rings. The molecule has 0 spiro atoms. The van der Waals surface area contributed by atoms with Gasteiger partial charge in [-0.25, -0.2) is 0 Å². The first kappa shape index (κ1) is 9.85. The minimum Gasteiger partial charge on any atom is -0.381 e. The summed E-state index contributed by atoms with van der Waals surface area (Å²) in [5, 5.41) is 4.30. The van der Waals surface area contributed by atoms with Crippen LogP contribution >= 0.6 is 11.6 Å². The van der Waals surface area contributed by atoms with Crippen LogP contribution < -0.4 is 5.32 Å². The van der Waals surface area contributed by atoms with E-state index in [0.29, 0.717) is 6.04 Å². The molecule has 0 bridgehead atoms. The first-order valence-electron chi connectivity index (χ1n) is 5.19. The molecule has 0 amide bonds. The van der Waals surface area contributed by atoms with Crippen molar-refractivity contribution in [1.29, 1.82) is 0 Å². The number of nitrogens with one attached hydrogen (secondary N) is 1. The highest BCUT2D eigenvalue weighted by Gasteiger charge is 2.27. The van der Waals surface area contributed by atoms with Crippen LogP contribution in [0.25, 0.3) is 0 Å². The Kier molecular flexibility index (Phi) is 2.69. The normalized spacial score (nSPS) is 17.9. The molecule has 0 saturated heterocycles. The van der Waals surface area contributed by atoms with E-state index in [-0.39, 0.29) is 0 Å². The van der Waals surface area contributed by atoms with Crippen molar-refractivity contribution in [3.8, 4) is 0 Å². The van der Waals surface area contributed by atoms with Crippen molar-refractivity contribution < 1.29 is 0 Å². The summed E-state index contributed by atoms with van der Waals surface area (Å²) in [4.78, 5) is 0. The molecule has 1 aromatic carbocycles. The van der Waals surface area contributed by atoms with Gasteiger partial charge in [-0.2, -0.15) is 0 Å². The minimum atomic E-state index is 0.550. The Balaban J connectivity index is 2.10. The third-order valence-corrected chi connectivity index (χ3v) is 3.16. The van der Waals surface area contributed by atoms with E-state index in [4.69, 9.17) is 11.6 Å². The van der Waals surface area contributed by atoms with Gasteiger partial charge < -0.3 is 5.32 Å². The zero-order chi connectivity index (χ0) is 10.1. The van der Waals surface area contributed by atoms with Crippen molar-refractivity contribution in [2.75, 3.05) is 5.32 Å². The van der Waals surface area contributed by atoms with Crippen molar-refractivity contribution in [3.05, 3.63) is 28.8 Å². The van der Waals surface area contributed by atoms with E-state index >= 15 is 0 Å². The first-order chi connectivity index (χ1) is 6.66. The highest BCUT2D eigenvalue weighted by molar-refractivity contribution is 6.33. The standard InChI is InChI=1S/C12H16ClN/c1-8-3-6-11(13)12(7-8)14-9(2)10-4-5-10/h3,6-7,9-10,14H,4-5H2,1-2H3. The first-order valence-corrected chi connectivity index (χ1v) is 5.57. The van der Waals surface area contributed by atoms with Gasteiger partial charge in [0.15, 0.2) is 0 Å². The number of hydrogen-bond donors (Lipinski definition) is 1. The van der Waals surface area contributed by atoms with E-state index in [9.17, 15) is 0 Å². The summed E-state index contributed by atoms with van der Waals surface area (Å²) in [6.45, 7) is 4.32. The van der Waals surface area contributed by atoms with Gasteiger partial charge in [-0.1, -0.05) is 17.7 Å². The number of aryl methyl sites for hydroxylation is 1. The molecule has 2 heteroatoms. The third kappa shape index (κ3) is 2.21. The maximum atomic E-state index is 6.10. The van der Waals surface area contributed by atoms with E-state index in [1.807, 2.05) is 12.1 Å². The Bertz CT molecular complexity index is 331. The summed E-state index contributed by atoms with van der Waals surface area (Å²) >= 11 is 6.10. The van der Waals surface area contributed by atoms with E-state index in [2.05, 4.69) is 25.2 Å². The smallest absolute Gasteiger partial charge is 0.0637 e. The molecular weight excluding hydrogens is 194 g/mol. The second-order valence-corrected chi connectivity index (χ2v) is 4.66. The zero-order valence-corrected chi connectivity index (χ0v) is 9.43. The van der Waals surface area contributed by atoms with E-state index in [1.54, 1.807) is 0 Å². The molecule has 0 heterocycles. The fourth-order valence-electron chi connectivity index (χ4n) is 1.71. The Labute approximate surface area is 90.5 Å². The van der Waals surface area contributed by atoms with Crippen LogP contribution in [0.15, 0.2) is 18.2 Å². The lowest BCUT2D eigenvalue weighted by molar-refractivity contribution is 0.694. The van der Waals surface area contributed by atoms with Crippen molar-refractivity contribution >= 4 is 17.3 Å². The average molecular weight is 210 g/mol. The second kappa shape index (κ2) is 3.82. The van der Waals surface area contributed by atoms with Gasteiger partial charge in [0.2, 0.25) is 0 Å². The lowest BCUT2D eigenvalue weighted by Gasteiger charge is -2.15. The van der Waals surface area contributed by atoms with Crippen molar-refractivity contribution in [3.63, 3.8) is 0 Å². The molecule has 2 rings (SSSR count). The third-order valence-electron chi connectivity index (χ3n) is 2.83. The quantitative estimate of drug-likeness (QED) is 0.797. The molecule has 1 aromatic rings. The lowest BCUT2D eigenvalue weighted by atomic mass is 10.1. The fraction of sp³-hybridized carbons (Fsp3) is 0.500. The summed E-state index contributed by atoms with van der Waals surface area (Å²) in [5.41, 5.74) is 2.32. The van der Waals surface area contributed by atoms with Crippen LogP contribution in [0.1, 0.15) is 25.3 Å².